The minimum Gasteiger partial charge on any atom is -0.507 e. The van der Waals surface area contributed by atoms with Gasteiger partial charge in [0.2, 0.25) is 0 Å². The lowest BCUT2D eigenvalue weighted by molar-refractivity contribution is 0.303. The van der Waals surface area contributed by atoms with E-state index < -0.39 is 0 Å². The molecule has 5 nitrogen and oxygen atoms in total. The summed E-state index contributed by atoms with van der Waals surface area (Å²) in [6, 6.07) is 23.1. The van der Waals surface area contributed by atoms with Gasteiger partial charge in [-0.25, -0.2) is 15.0 Å². The lowest BCUT2D eigenvalue weighted by Crippen LogP contribution is -2.01. The van der Waals surface area contributed by atoms with Crippen LogP contribution in [0, 0.1) is 6.92 Å². The average molecular weight is 440 g/mol. The number of unbranched alkanes of at least 4 members (excludes halogenated alkanes) is 3. The average Bonchev–Trinajstić information content (AvgIpc) is 2.84. The van der Waals surface area contributed by atoms with E-state index in [2.05, 4.69) is 6.92 Å². The zero-order chi connectivity index (χ0) is 23.0. The molecule has 0 bridgehead atoms. The molecule has 0 radical (unpaired) electrons. The van der Waals surface area contributed by atoms with Crippen LogP contribution < -0.4 is 4.74 Å². The molecule has 1 heterocycles. The first-order valence-electron chi connectivity index (χ1n) is 11.5. The molecular formula is C28H29N3O2. The molecule has 0 atom stereocenters. The number of ether oxygens (including phenoxy) is 1. The first kappa shape index (κ1) is 22.5. The van der Waals surface area contributed by atoms with Gasteiger partial charge in [-0.1, -0.05) is 80.8 Å². The summed E-state index contributed by atoms with van der Waals surface area (Å²) in [4.78, 5) is 14.2. The van der Waals surface area contributed by atoms with Gasteiger partial charge in [0.15, 0.2) is 17.5 Å². The summed E-state index contributed by atoms with van der Waals surface area (Å²) >= 11 is 0. The summed E-state index contributed by atoms with van der Waals surface area (Å²) in [5.74, 6) is 2.29. The van der Waals surface area contributed by atoms with Crippen molar-refractivity contribution in [3.05, 3.63) is 78.4 Å². The topological polar surface area (TPSA) is 68.1 Å². The third-order valence-corrected chi connectivity index (χ3v) is 5.53. The van der Waals surface area contributed by atoms with Crippen LogP contribution in [0.3, 0.4) is 0 Å². The fourth-order valence-electron chi connectivity index (χ4n) is 3.67. The van der Waals surface area contributed by atoms with Crippen LogP contribution >= 0.6 is 0 Å². The number of rotatable bonds is 9. The van der Waals surface area contributed by atoms with Gasteiger partial charge in [0.1, 0.15) is 11.5 Å². The van der Waals surface area contributed by atoms with Gasteiger partial charge in [-0.2, -0.15) is 0 Å². The lowest BCUT2D eigenvalue weighted by atomic mass is 10.1. The van der Waals surface area contributed by atoms with E-state index in [1.165, 1.54) is 12.8 Å². The smallest absolute Gasteiger partial charge is 0.167 e. The standard InChI is InChI=1S/C28H29N3O2/c1-3-4-5-11-18-33-22-16-17-24(25(32)19-22)28-30-26(21-13-7-6-8-14-21)29-27(31-28)23-15-10-9-12-20(23)2/h6-10,12-17,19,32H,3-5,11,18H2,1-2H3. The Hall–Kier alpha value is -3.73. The fourth-order valence-corrected chi connectivity index (χ4v) is 3.67. The highest BCUT2D eigenvalue weighted by Crippen LogP contribution is 2.33. The maximum absolute atomic E-state index is 10.8. The van der Waals surface area contributed by atoms with E-state index in [0.29, 0.717) is 35.4 Å². The van der Waals surface area contributed by atoms with Crippen molar-refractivity contribution in [1.29, 1.82) is 0 Å². The number of phenolic OH excluding ortho intramolecular Hbond substituents is 1. The molecule has 0 unspecified atom stereocenters. The van der Waals surface area contributed by atoms with Gasteiger partial charge in [-0.3, -0.25) is 0 Å². The van der Waals surface area contributed by atoms with E-state index in [4.69, 9.17) is 19.7 Å². The quantitative estimate of drug-likeness (QED) is 0.289. The maximum Gasteiger partial charge on any atom is 0.167 e. The van der Waals surface area contributed by atoms with Gasteiger partial charge >= 0.3 is 0 Å². The van der Waals surface area contributed by atoms with Gasteiger partial charge in [0, 0.05) is 17.2 Å². The van der Waals surface area contributed by atoms with Crippen LogP contribution in [0.5, 0.6) is 11.5 Å². The zero-order valence-corrected chi connectivity index (χ0v) is 19.2. The van der Waals surface area contributed by atoms with Gasteiger partial charge < -0.3 is 9.84 Å². The predicted molar refractivity (Wildman–Crippen MR) is 132 cm³/mol. The Bertz CT molecular complexity index is 1210. The molecule has 0 spiro atoms. The second kappa shape index (κ2) is 10.7. The first-order chi connectivity index (χ1) is 16.2. The van der Waals surface area contributed by atoms with Crippen molar-refractivity contribution < 1.29 is 9.84 Å². The molecule has 0 amide bonds. The van der Waals surface area contributed by atoms with Gasteiger partial charge in [-0.05, 0) is 31.0 Å². The van der Waals surface area contributed by atoms with E-state index in [9.17, 15) is 5.11 Å². The zero-order valence-electron chi connectivity index (χ0n) is 19.2. The summed E-state index contributed by atoms with van der Waals surface area (Å²) in [6.07, 6.45) is 4.55. The number of aryl methyl sites for hydroxylation is 1. The molecule has 4 aromatic rings. The Morgan fingerprint density at radius 3 is 2.15 bits per heavy atom. The van der Waals surface area contributed by atoms with Crippen molar-refractivity contribution in [2.45, 2.75) is 39.5 Å². The summed E-state index contributed by atoms with van der Waals surface area (Å²) in [5.41, 5.74) is 3.44. The predicted octanol–water partition coefficient (Wildman–Crippen LogP) is 6.85. The third-order valence-electron chi connectivity index (χ3n) is 5.53. The lowest BCUT2D eigenvalue weighted by Gasteiger charge is -2.12. The minimum absolute atomic E-state index is 0.0852. The Morgan fingerprint density at radius 1 is 0.727 bits per heavy atom. The Labute approximate surface area is 195 Å². The number of phenols is 1. The largest absolute Gasteiger partial charge is 0.507 e. The highest BCUT2D eigenvalue weighted by Gasteiger charge is 2.16. The van der Waals surface area contributed by atoms with Gasteiger partial charge in [0.25, 0.3) is 0 Å². The van der Waals surface area contributed by atoms with Crippen LogP contribution in [0.1, 0.15) is 38.2 Å². The van der Waals surface area contributed by atoms with Crippen molar-refractivity contribution in [3.63, 3.8) is 0 Å². The number of hydrogen-bond acceptors (Lipinski definition) is 5. The van der Waals surface area contributed by atoms with Crippen molar-refractivity contribution in [1.82, 2.24) is 15.0 Å². The number of aromatic hydroxyl groups is 1. The molecule has 1 aromatic heterocycles. The molecule has 1 N–H and O–H groups in total. The van der Waals surface area contributed by atoms with Crippen molar-refractivity contribution >= 4 is 0 Å². The Balaban J connectivity index is 1.69. The molecule has 0 aliphatic carbocycles. The molecule has 0 fully saturated rings. The summed E-state index contributed by atoms with van der Waals surface area (Å²) < 4.78 is 5.81. The third kappa shape index (κ3) is 5.55. The van der Waals surface area contributed by atoms with Crippen molar-refractivity contribution in [2.24, 2.45) is 0 Å². The summed E-state index contributed by atoms with van der Waals surface area (Å²) in [7, 11) is 0. The van der Waals surface area contributed by atoms with E-state index in [0.717, 1.165) is 29.5 Å². The Kier molecular flexibility index (Phi) is 7.30. The molecular weight excluding hydrogens is 410 g/mol. The molecule has 168 valence electrons. The normalized spacial score (nSPS) is 10.8. The molecule has 0 aliphatic rings. The monoisotopic (exact) mass is 439 g/mol. The molecule has 3 aromatic carbocycles. The number of benzene rings is 3. The summed E-state index contributed by atoms with van der Waals surface area (Å²) in [5, 5.41) is 10.8. The second-order valence-electron chi connectivity index (χ2n) is 8.08. The molecule has 0 saturated carbocycles. The van der Waals surface area contributed by atoms with E-state index >= 15 is 0 Å². The molecule has 0 saturated heterocycles. The molecule has 0 aliphatic heterocycles. The first-order valence-corrected chi connectivity index (χ1v) is 11.5. The van der Waals surface area contributed by atoms with Crippen LogP contribution in [0.2, 0.25) is 0 Å². The Morgan fingerprint density at radius 2 is 1.42 bits per heavy atom. The van der Waals surface area contributed by atoms with Gasteiger partial charge in [0.05, 0.1) is 12.2 Å². The van der Waals surface area contributed by atoms with E-state index in [-0.39, 0.29) is 5.75 Å². The maximum atomic E-state index is 10.8. The van der Waals surface area contributed by atoms with Gasteiger partial charge in [-0.15, -0.1) is 0 Å². The highest BCUT2D eigenvalue weighted by molar-refractivity contribution is 5.71. The number of nitrogens with zero attached hydrogens (tertiary/aromatic N) is 3. The molecule has 33 heavy (non-hydrogen) atoms. The van der Waals surface area contributed by atoms with Crippen molar-refractivity contribution in [2.75, 3.05) is 6.61 Å². The van der Waals surface area contributed by atoms with Crippen LogP contribution in [0.15, 0.2) is 72.8 Å². The van der Waals surface area contributed by atoms with Crippen LogP contribution in [-0.2, 0) is 0 Å². The molecule has 4 rings (SSSR count). The molecule has 5 heteroatoms. The SMILES string of the molecule is CCCCCCOc1ccc(-c2nc(-c3ccccc3)nc(-c3ccccc3C)n2)c(O)c1. The minimum atomic E-state index is 0.0852. The van der Waals surface area contributed by atoms with Crippen LogP contribution in [0.4, 0.5) is 0 Å². The fraction of sp³-hybridized carbons (Fsp3) is 0.250. The van der Waals surface area contributed by atoms with E-state index in [1.54, 1.807) is 6.07 Å². The highest BCUT2D eigenvalue weighted by atomic mass is 16.5. The number of aromatic nitrogens is 3. The van der Waals surface area contributed by atoms with Crippen LogP contribution in [0.25, 0.3) is 34.2 Å². The van der Waals surface area contributed by atoms with Crippen molar-refractivity contribution in [3.8, 4) is 45.7 Å². The van der Waals surface area contributed by atoms with Crippen LogP contribution in [-0.4, -0.2) is 26.7 Å². The summed E-state index contributed by atoms with van der Waals surface area (Å²) in [6.45, 7) is 4.86. The van der Waals surface area contributed by atoms with E-state index in [1.807, 2.05) is 73.7 Å². The number of hydrogen-bond donors (Lipinski definition) is 1. The second-order valence-corrected chi connectivity index (χ2v) is 8.08.